The van der Waals surface area contributed by atoms with Crippen molar-refractivity contribution < 1.29 is 0 Å². The fraction of sp³-hybridized carbons (Fsp3) is 0.571. The van der Waals surface area contributed by atoms with E-state index in [-0.39, 0.29) is 0 Å². The lowest BCUT2D eigenvalue weighted by Gasteiger charge is -2.17. The Balaban J connectivity index is 1.96. The second-order valence-corrected chi connectivity index (χ2v) is 6.80. The van der Waals surface area contributed by atoms with Crippen molar-refractivity contribution >= 4 is 23.6 Å². The summed E-state index contributed by atoms with van der Waals surface area (Å²) in [4.78, 5) is 1.20. The van der Waals surface area contributed by atoms with Crippen LogP contribution in [0.3, 0.4) is 0 Å². The van der Waals surface area contributed by atoms with Gasteiger partial charge in [-0.05, 0) is 48.8 Å². The summed E-state index contributed by atoms with van der Waals surface area (Å²) in [7, 11) is 0. The van der Waals surface area contributed by atoms with Crippen LogP contribution < -0.4 is 0 Å². The standard InChI is InChI=1S/C14H19N3S2/c1-10-4-2-5-11(8-7-10)17-13(15-16-14(17)18)12-6-3-9-19-12/h3,6,9-11H,2,4-5,7-8H2,1H3,(H,16,18). The molecule has 0 saturated heterocycles. The summed E-state index contributed by atoms with van der Waals surface area (Å²) < 4.78 is 3.02. The largest absolute Gasteiger partial charge is 0.296 e. The highest BCUT2D eigenvalue weighted by atomic mass is 32.1. The van der Waals surface area contributed by atoms with Gasteiger partial charge in [-0.1, -0.05) is 25.8 Å². The van der Waals surface area contributed by atoms with Crippen molar-refractivity contribution in [1.82, 2.24) is 14.8 Å². The molecule has 1 saturated carbocycles. The molecule has 0 aliphatic heterocycles. The van der Waals surface area contributed by atoms with Gasteiger partial charge in [-0.3, -0.25) is 9.67 Å². The van der Waals surface area contributed by atoms with Crippen molar-refractivity contribution in [2.24, 2.45) is 5.92 Å². The Kier molecular flexibility index (Phi) is 3.84. The van der Waals surface area contributed by atoms with E-state index in [1.807, 2.05) is 0 Å². The molecular weight excluding hydrogens is 274 g/mol. The topological polar surface area (TPSA) is 33.6 Å². The molecule has 2 aromatic heterocycles. The Bertz CT molecular complexity index is 582. The van der Waals surface area contributed by atoms with Crippen molar-refractivity contribution in [3.63, 3.8) is 0 Å². The van der Waals surface area contributed by atoms with E-state index in [1.165, 1.54) is 37.0 Å². The van der Waals surface area contributed by atoms with Gasteiger partial charge in [0, 0.05) is 6.04 Å². The van der Waals surface area contributed by atoms with Gasteiger partial charge in [-0.25, -0.2) is 0 Å². The highest BCUT2D eigenvalue weighted by Crippen LogP contribution is 2.34. The number of hydrogen-bond donors (Lipinski definition) is 1. The van der Waals surface area contributed by atoms with Gasteiger partial charge < -0.3 is 0 Å². The average Bonchev–Trinajstić information content (AvgIpc) is 2.98. The van der Waals surface area contributed by atoms with E-state index in [1.54, 1.807) is 11.3 Å². The number of thiophene rings is 1. The summed E-state index contributed by atoms with van der Waals surface area (Å²) in [5.41, 5.74) is 0. The molecule has 0 radical (unpaired) electrons. The first-order valence-electron chi connectivity index (χ1n) is 6.96. The first-order chi connectivity index (χ1) is 9.25. The number of nitrogens with zero attached hydrogens (tertiary/aromatic N) is 2. The number of aromatic nitrogens is 3. The first kappa shape index (κ1) is 13.1. The molecule has 2 heterocycles. The maximum Gasteiger partial charge on any atom is 0.195 e. The van der Waals surface area contributed by atoms with Crippen LogP contribution in [-0.4, -0.2) is 14.8 Å². The summed E-state index contributed by atoms with van der Waals surface area (Å²) in [5, 5.41) is 9.51. The van der Waals surface area contributed by atoms with Crippen LogP contribution in [0.2, 0.25) is 0 Å². The Morgan fingerprint density at radius 1 is 1.37 bits per heavy atom. The molecule has 1 aliphatic rings. The molecule has 1 aliphatic carbocycles. The molecule has 1 fully saturated rings. The summed E-state index contributed by atoms with van der Waals surface area (Å²) in [6.07, 6.45) is 6.37. The molecule has 3 nitrogen and oxygen atoms in total. The van der Waals surface area contributed by atoms with Gasteiger partial charge in [-0.2, -0.15) is 5.10 Å². The molecule has 2 atom stereocenters. The Labute approximate surface area is 122 Å². The lowest BCUT2D eigenvalue weighted by molar-refractivity contribution is 0.432. The lowest BCUT2D eigenvalue weighted by Crippen LogP contribution is -2.10. The molecular formula is C14H19N3S2. The summed E-state index contributed by atoms with van der Waals surface area (Å²) in [5.74, 6) is 1.86. The van der Waals surface area contributed by atoms with Crippen LogP contribution in [0, 0.1) is 10.7 Å². The fourth-order valence-corrected chi connectivity index (χ4v) is 3.94. The average molecular weight is 293 g/mol. The smallest absolute Gasteiger partial charge is 0.195 e. The van der Waals surface area contributed by atoms with Gasteiger partial charge in [0.05, 0.1) is 4.88 Å². The van der Waals surface area contributed by atoms with E-state index in [0.29, 0.717) is 6.04 Å². The van der Waals surface area contributed by atoms with Crippen molar-refractivity contribution in [2.75, 3.05) is 0 Å². The maximum absolute atomic E-state index is 5.45. The van der Waals surface area contributed by atoms with E-state index in [0.717, 1.165) is 16.5 Å². The zero-order valence-electron chi connectivity index (χ0n) is 11.1. The number of hydrogen-bond acceptors (Lipinski definition) is 3. The van der Waals surface area contributed by atoms with Crippen LogP contribution in [0.4, 0.5) is 0 Å². The number of H-pyrrole nitrogens is 1. The van der Waals surface area contributed by atoms with Gasteiger partial charge in [-0.15, -0.1) is 11.3 Å². The molecule has 1 N–H and O–H groups in total. The van der Waals surface area contributed by atoms with Crippen LogP contribution in [0.5, 0.6) is 0 Å². The van der Waals surface area contributed by atoms with Crippen molar-refractivity contribution in [1.29, 1.82) is 0 Å². The second-order valence-electron chi connectivity index (χ2n) is 5.47. The molecule has 0 aromatic carbocycles. The minimum Gasteiger partial charge on any atom is -0.296 e. The summed E-state index contributed by atoms with van der Waals surface area (Å²) in [6.45, 7) is 2.36. The Morgan fingerprint density at radius 2 is 2.26 bits per heavy atom. The number of rotatable bonds is 2. The van der Waals surface area contributed by atoms with E-state index >= 15 is 0 Å². The molecule has 3 rings (SSSR count). The van der Waals surface area contributed by atoms with Crippen molar-refractivity contribution in [2.45, 2.75) is 45.1 Å². The zero-order chi connectivity index (χ0) is 13.2. The van der Waals surface area contributed by atoms with Crippen LogP contribution in [0.25, 0.3) is 10.7 Å². The van der Waals surface area contributed by atoms with Gasteiger partial charge in [0.1, 0.15) is 0 Å². The second kappa shape index (κ2) is 5.59. The first-order valence-corrected chi connectivity index (χ1v) is 8.25. The third-order valence-electron chi connectivity index (χ3n) is 4.04. The molecule has 102 valence electrons. The lowest BCUT2D eigenvalue weighted by atomic mass is 10.0. The Hall–Kier alpha value is -0.940. The normalized spacial score (nSPS) is 24.3. The van der Waals surface area contributed by atoms with Crippen LogP contribution in [0.15, 0.2) is 17.5 Å². The predicted octanol–water partition coefficient (Wildman–Crippen LogP) is 4.81. The minimum atomic E-state index is 0.508. The SMILES string of the molecule is CC1CCCC(n2c(-c3cccs3)n[nH]c2=S)CC1. The molecule has 0 amide bonds. The fourth-order valence-electron chi connectivity index (χ4n) is 2.95. The zero-order valence-corrected chi connectivity index (χ0v) is 12.8. The molecule has 19 heavy (non-hydrogen) atoms. The highest BCUT2D eigenvalue weighted by molar-refractivity contribution is 7.71. The third-order valence-corrected chi connectivity index (χ3v) is 5.19. The number of nitrogens with one attached hydrogen (secondary N) is 1. The molecule has 2 aromatic rings. The minimum absolute atomic E-state index is 0.508. The molecule has 0 bridgehead atoms. The van der Waals surface area contributed by atoms with Crippen molar-refractivity contribution in [3.05, 3.63) is 22.3 Å². The highest BCUT2D eigenvalue weighted by Gasteiger charge is 2.22. The quantitative estimate of drug-likeness (QED) is 0.636. The predicted molar refractivity (Wildman–Crippen MR) is 82.0 cm³/mol. The molecule has 0 spiro atoms. The van der Waals surface area contributed by atoms with E-state index in [9.17, 15) is 0 Å². The van der Waals surface area contributed by atoms with Crippen LogP contribution in [0.1, 0.15) is 45.1 Å². The van der Waals surface area contributed by atoms with Gasteiger partial charge in [0.2, 0.25) is 0 Å². The summed E-state index contributed by atoms with van der Waals surface area (Å²) >= 11 is 7.17. The third kappa shape index (κ3) is 2.67. The van der Waals surface area contributed by atoms with E-state index in [2.05, 4.69) is 39.2 Å². The monoisotopic (exact) mass is 293 g/mol. The molecule has 2 unspecified atom stereocenters. The van der Waals surface area contributed by atoms with E-state index < -0.39 is 0 Å². The maximum atomic E-state index is 5.45. The Morgan fingerprint density at radius 3 is 3.05 bits per heavy atom. The number of aromatic amines is 1. The summed E-state index contributed by atoms with van der Waals surface area (Å²) in [6, 6.07) is 4.69. The van der Waals surface area contributed by atoms with Gasteiger partial charge in [0.25, 0.3) is 0 Å². The van der Waals surface area contributed by atoms with Crippen LogP contribution >= 0.6 is 23.6 Å². The van der Waals surface area contributed by atoms with Gasteiger partial charge in [0.15, 0.2) is 10.6 Å². The van der Waals surface area contributed by atoms with Crippen molar-refractivity contribution in [3.8, 4) is 10.7 Å². The van der Waals surface area contributed by atoms with E-state index in [4.69, 9.17) is 12.2 Å². The molecule has 5 heteroatoms. The van der Waals surface area contributed by atoms with Crippen LogP contribution in [-0.2, 0) is 0 Å². The van der Waals surface area contributed by atoms with Gasteiger partial charge >= 0.3 is 0 Å².